The molecule has 1 unspecified atom stereocenters. The van der Waals surface area contributed by atoms with Gasteiger partial charge in [-0.25, -0.2) is 0 Å². The Bertz CT molecular complexity index is 581. The van der Waals surface area contributed by atoms with Crippen LogP contribution in [0.25, 0.3) is 6.08 Å². The summed E-state index contributed by atoms with van der Waals surface area (Å²) in [5, 5.41) is 1.76. The van der Waals surface area contributed by atoms with Crippen LogP contribution in [0.4, 0.5) is 0 Å². The Kier molecular flexibility index (Phi) is 6.83. The van der Waals surface area contributed by atoms with Crippen molar-refractivity contribution in [3.8, 4) is 0 Å². The Morgan fingerprint density at radius 2 is 1.80 bits per heavy atom. The summed E-state index contributed by atoms with van der Waals surface area (Å²) in [6, 6.07) is 13.3. The molecule has 1 atom stereocenters. The summed E-state index contributed by atoms with van der Waals surface area (Å²) < 4.78 is 2.20. The van der Waals surface area contributed by atoms with Gasteiger partial charge in [-0.15, -0.1) is 0 Å². The van der Waals surface area contributed by atoms with Crippen LogP contribution in [0, 0.1) is 0 Å². The third-order valence-electron chi connectivity index (χ3n) is 3.53. The van der Waals surface area contributed by atoms with Crippen LogP contribution < -0.4 is 28.8 Å². The number of allylic oxidation sites excluding steroid dienone is 1. The molecule has 0 amide bonds. The van der Waals surface area contributed by atoms with E-state index in [1.54, 1.807) is 10.8 Å². The zero-order valence-corrected chi connectivity index (χ0v) is 15.8. The SMILES string of the molecule is C[SiH](C)C1=Cc2ccccc2[CH]1[Ti+2][c]1ccc[nH]1.[Cl-].[Cl-]. The Morgan fingerprint density at radius 1 is 1.05 bits per heavy atom. The quantitative estimate of drug-likeness (QED) is 0.560. The predicted octanol–water partition coefficient (Wildman–Crippen LogP) is -3.11. The number of H-pyrrole nitrogens is 1. The zero-order valence-electron chi connectivity index (χ0n) is 11.5. The van der Waals surface area contributed by atoms with E-state index in [2.05, 4.69) is 66.7 Å². The molecule has 1 aliphatic carbocycles. The van der Waals surface area contributed by atoms with Gasteiger partial charge in [-0.3, -0.25) is 0 Å². The van der Waals surface area contributed by atoms with E-state index in [1.165, 1.54) is 9.56 Å². The Hall–Kier alpha value is -0.249. The van der Waals surface area contributed by atoms with Gasteiger partial charge >= 0.3 is 119 Å². The van der Waals surface area contributed by atoms with E-state index in [9.17, 15) is 0 Å². The third kappa shape index (κ3) is 3.50. The summed E-state index contributed by atoms with van der Waals surface area (Å²) >= 11 is -0.141. The molecular weight excluding hydrogens is 341 g/mol. The maximum absolute atomic E-state index is 3.40. The molecule has 5 heteroatoms. The van der Waals surface area contributed by atoms with Crippen LogP contribution in [0.1, 0.15) is 15.3 Å². The summed E-state index contributed by atoms with van der Waals surface area (Å²) in [5.74, 6) is 0. The molecular formula is C15H17Cl2NSiTi. The maximum atomic E-state index is 3.40. The van der Waals surface area contributed by atoms with Crippen molar-refractivity contribution in [1.82, 2.24) is 4.98 Å². The van der Waals surface area contributed by atoms with Crippen LogP contribution in [0.2, 0.25) is 13.1 Å². The average Bonchev–Trinajstić information content (AvgIpc) is 2.98. The second-order valence-electron chi connectivity index (χ2n) is 5.09. The molecule has 1 heterocycles. The molecule has 1 nitrogen and oxygen atoms in total. The van der Waals surface area contributed by atoms with E-state index in [0.29, 0.717) is 0 Å². The molecule has 0 aliphatic heterocycles. The van der Waals surface area contributed by atoms with E-state index in [0.717, 1.165) is 4.22 Å². The summed E-state index contributed by atoms with van der Waals surface area (Å²) in [7, 11) is -0.711. The van der Waals surface area contributed by atoms with Crippen LogP contribution in [0.5, 0.6) is 0 Å². The van der Waals surface area contributed by atoms with Crippen LogP contribution in [-0.2, 0) is 19.2 Å². The number of nitrogens with one attached hydrogen (secondary N) is 1. The number of benzene rings is 1. The number of halogens is 2. The summed E-state index contributed by atoms with van der Waals surface area (Å²) in [4.78, 5) is 3.40. The standard InChI is InChI=1S/C11H13Si.C4H4N.2ClH.Ti/c1-12(2)11-7-9-5-3-4-6-10(9)8-11;1-2-4-5-3-1;;;/h3-8,12H,1-2H3;1-3,5H;2*1H;/q;;;;+2/p-2. The molecule has 0 saturated carbocycles. The first-order valence-electron chi connectivity index (χ1n) is 6.46. The van der Waals surface area contributed by atoms with Crippen molar-refractivity contribution in [2.75, 3.05) is 0 Å². The van der Waals surface area contributed by atoms with Crippen molar-refractivity contribution >= 4 is 18.9 Å². The first-order chi connectivity index (χ1) is 8.75. The fraction of sp³-hybridized carbons (Fsp3) is 0.200. The summed E-state index contributed by atoms with van der Waals surface area (Å²) in [6.45, 7) is 4.90. The fourth-order valence-electron chi connectivity index (χ4n) is 2.58. The van der Waals surface area contributed by atoms with Crippen LogP contribution in [0.15, 0.2) is 47.8 Å². The molecule has 1 aromatic carbocycles. The molecule has 1 aliphatic rings. The summed E-state index contributed by atoms with van der Waals surface area (Å²) in [5.41, 5.74) is 3.04. The minimum absolute atomic E-state index is 0. The Morgan fingerprint density at radius 3 is 2.45 bits per heavy atom. The van der Waals surface area contributed by atoms with Crippen LogP contribution in [-0.4, -0.2) is 13.8 Å². The van der Waals surface area contributed by atoms with Gasteiger partial charge in [0.2, 0.25) is 0 Å². The Labute approximate surface area is 143 Å². The molecule has 1 aromatic heterocycles. The van der Waals surface area contributed by atoms with Gasteiger partial charge in [-0.1, -0.05) is 0 Å². The Balaban J connectivity index is 0.000001000. The molecule has 2 aromatic rings. The van der Waals surface area contributed by atoms with Gasteiger partial charge in [-0.2, -0.15) is 0 Å². The number of rotatable bonds is 3. The zero-order chi connectivity index (χ0) is 12.5. The van der Waals surface area contributed by atoms with Crippen molar-refractivity contribution < 1.29 is 44.0 Å². The van der Waals surface area contributed by atoms with Gasteiger partial charge in [0.05, 0.1) is 0 Å². The van der Waals surface area contributed by atoms with Crippen molar-refractivity contribution in [3.05, 3.63) is 58.9 Å². The first kappa shape index (κ1) is 17.8. The molecule has 0 saturated heterocycles. The van der Waals surface area contributed by atoms with Crippen molar-refractivity contribution in [1.29, 1.82) is 0 Å². The minimum Gasteiger partial charge on any atom is -1.00 e. The van der Waals surface area contributed by atoms with Crippen LogP contribution in [0.3, 0.4) is 0 Å². The number of aromatic nitrogens is 1. The van der Waals surface area contributed by atoms with E-state index in [-0.39, 0.29) is 44.0 Å². The molecule has 0 radical (unpaired) electrons. The largest absolute Gasteiger partial charge is 1.00 e. The van der Waals surface area contributed by atoms with Gasteiger partial charge in [0, 0.05) is 0 Å². The maximum Gasteiger partial charge on any atom is -1.00 e. The molecule has 20 heavy (non-hydrogen) atoms. The molecule has 0 spiro atoms. The first-order valence-corrected chi connectivity index (χ1v) is 11.0. The molecule has 1 N–H and O–H groups in total. The molecule has 0 fully saturated rings. The van der Waals surface area contributed by atoms with E-state index < -0.39 is 8.80 Å². The minimum atomic E-state index is -0.711. The normalized spacial score (nSPS) is 15.8. The van der Waals surface area contributed by atoms with E-state index in [4.69, 9.17) is 0 Å². The van der Waals surface area contributed by atoms with Gasteiger partial charge < -0.3 is 24.8 Å². The topological polar surface area (TPSA) is 15.8 Å². The number of fused-ring (bicyclic) bond motifs is 1. The van der Waals surface area contributed by atoms with Crippen molar-refractivity contribution in [2.45, 2.75) is 17.3 Å². The predicted molar refractivity (Wildman–Crippen MR) is 76.5 cm³/mol. The number of hydrogen-bond donors (Lipinski definition) is 1. The fourth-order valence-corrected chi connectivity index (χ4v) is 7.94. The van der Waals surface area contributed by atoms with Crippen LogP contribution >= 0.6 is 0 Å². The molecule has 0 bridgehead atoms. The molecule has 104 valence electrons. The number of aromatic amines is 1. The van der Waals surface area contributed by atoms with E-state index in [1.807, 2.05) is 0 Å². The monoisotopic (exact) mass is 357 g/mol. The van der Waals surface area contributed by atoms with Gasteiger partial charge in [0.15, 0.2) is 0 Å². The third-order valence-corrected chi connectivity index (χ3v) is 8.31. The second-order valence-corrected chi connectivity index (χ2v) is 10.3. The molecule has 3 rings (SSSR count). The van der Waals surface area contributed by atoms with Gasteiger partial charge in [-0.05, 0) is 0 Å². The van der Waals surface area contributed by atoms with Crippen molar-refractivity contribution in [3.63, 3.8) is 0 Å². The summed E-state index contributed by atoms with van der Waals surface area (Å²) in [6.07, 6.45) is 4.53. The van der Waals surface area contributed by atoms with Gasteiger partial charge in [0.1, 0.15) is 0 Å². The number of hydrogen-bond acceptors (Lipinski definition) is 0. The van der Waals surface area contributed by atoms with Crippen molar-refractivity contribution in [2.24, 2.45) is 0 Å². The smallest absolute Gasteiger partial charge is 1.00 e. The average molecular weight is 358 g/mol. The van der Waals surface area contributed by atoms with E-state index >= 15 is 0 Å². The van der Waals surface area contributed by atoms with Gasteiger partial charge in [0.25, 0.3) is 0 Å². The second kappa shape index (κ2) is 7.67.